The number of hydrogen-bond acceptors (Lipinski definition) is 5. The van der Waals surface area contributed by atoms with E-state index in [9.17, 15) is 9.59 Å². The third-order valence-electron chi connectivity index (χ3n) is 6.22. The molecule has 2 N–H and O–H groups in total. The molecule has 2 aromatic heterocycles. The smallest absolute Gasteiger partial charge is 0.243 e. The average molecular weight is 466 g/mol. The van der Waals surface area contributed by atoms with Crippen molar-refractivity contribution in [2.45, 2.75) is 59.0 Å². The van der Waals surface area contributed by atoms with Crippen molar-refractivity contribution in [3.63, 3.8) is 0 Å². The summed E-state index contributed by atoms with van der Waals surface area (Å²) >= 11 is 1.63. The second kappa shape index (κ2) is 9.87. The van der Waals surface area contributed by atoms with Gasteiger partial charge in [0, 0.05) is 25.0 Å². The third-order valence-corrected chi connectivity index (χ3v) is 7.19. The Morgan fingerprint density at radius 2 is 1.97 bits per heavy atom. The zero-order valence-electron chi connectivity index (χ0n) is 19.6. The van der Waals surface area contributed by atoms with Crippen molar-refractivity contribution in [2.75, 3.05) is 6.54 Å². The minimum absolute atomic E-state index is 0.0266. The van der Waals surface area contributed by atoms with Crippen molar-refractivity contribution in [3.8, 4) is 10.4 Å². The van der Waals surface area contributed by atoms with Gasteiger partial charge in [-0.3, -0.25) is 9.59 Å². The highest BCUT2D eigenvalue weighted by molar-refractivity contribution is 7.13. The van der Waals surface area contributed by atoms with E-state index in [1.165, 1.54) is 0 Å². The fourth-order valence-electron chi connectivity index (χ4n) is 4.45. The lowest BCUT2D eigenvalue weighted by molar-refractivity contribution is -0.140. The maximum Gasteiger partial charge on any atom is 0.243 e. The van der Waals surface area contributed by atoms with Crippen molar-refractivity contribution in [1.29, 1.82) is 0 Å². The number of aromatic amines is 1. The van der Waals surface area contributed by atoms with Crippen LogP contribution in [0.25, 0.3) is 10.4 Å². The lowest BCUT2D eigenvalue weighted by Gasteiger charge is -2.29. The predicted molar refractivity (Wildman–Crippen MR) is 130 cm³/mol. The zero-order valence-corrected chi connectivity index (χ0v) is 20.4. The molecule has 33 heavy (non-hydrogen) atoms. The molecular weight excluding hydrogens is 434 g/mol. The van der Waals surface area contributed by atoms with Crippen LogP contribution in [0.1, 0.15) is 55.4 Å². The van der Waals surface area contributed by atoms with Crippen LogP contribution >= 0.6 is 11.3 Å². The zero-order chi connectivity index (χ0) is 23.5. The molecule has 1 saturated heterocycles. The number of rotatable bonds is 7. The van der Waals surface area contributed by atoms with Gasteiger partial charge in [-0.25, -0.2) is 9.97 Å². The van der Waals surface area contributed by atoms with Crippen LogP contribution in [-0.4, -0.2) is 44.3 Å². The highest BCUT2D eigenvalue weighted by Crippen LogP contribution is 2.29. The Hall–Kier alpha value is -3.00. The van der Waals surface area contributed by atoms with Crippen molar-refractivity contribution >= 4 is 23.2 Å². The number of benzene rings is 1. The Kier molecular flexibility index (Phi) is 6.93. The summed E-state index contributed by atoms with van der Waals surface area (Å²) in [7, 11) is 0. The molecule has 7 nitrogen and oxygen atoms in total. The van der Waals surface area contributed by atoms with Gasteiger partial charge >= 0.3 is 0 Å². The van der Waals surface area contributed by atoms with Crippen molar-refractivity contribution in [1.82, 2.24) is 25.2 Å². The second-order valence-electron chi connectivity index (χ2n) is 9.04. The molecule has 1 aromatic carbocycles. The summed E-state index contributed by atoms with van der Waals surface area (Å²) in [6, 6.07) is 7.74. The summed E-state index contributed by atoms with van der Waals surface area (Å²) in [6.45, 7) is 9.00. The quantitative estimate of drug-likeness (QED) is 0.547. The van der Waals surface area contributed by atoms with Gasteiger partial charge in [-0.15, -0.1) is 11.3 Å². The summed E-state index contributed by atoms with van der Waals surface area (Å²) in [5.74, 6) is 0.250. The number of thiazole rings is 1. The molecule has 1 aliphatic rings. The van der Waals surface area contributed by atoms with Crippen molar-refractivity contribution in [2.24, 2.45) is 5.92 Å². The first-order valence-corrected chi connectivity index (χ1v) is 12.3. The monoisotopic (exact) mass is 465 g/mol. The summed E-state index contributed by atoms with van der Waals surface area (Å²) in [4.78, 5) is 41.3. The number of H-pyrrole nitrogens is 1. The SMILES string of the molecule is Cc1cnc(C(C(=O)N2CCCC2C(=O)NCc2ccc(-c3scnc3C)cc2)C(C)C)[nH]1. The third kappa shape index (κ3) is 5.00. The molecule has 2 unspecified atom stereocenters. The van der Waals surface area contributed by atoms with Gasteiger partial charge in [0.2, 0.25) is 11.8 Å². The fourth-order valence-corrected chi connectivity index (χ4v) is 5.26. The van der Waals surface area contributed by atoms with Gasteiger partial charge in [0.1, 0.15) is 11.9 Å². The summed E-state index contributed by atoms with van der Waals surface area (Å²) in [5.41, 5.74) is 5.96. The topological polar surface area (TPSA) is 91.0 Å². The van der Waals surface area contributed by atoms with Gasteiger partial charge in [0.15, 0.2) is 0 Å². The molecule has 8 heteroatoms. The number of nitrogens with zero attached hydrogens (tertiary/aromatic N) is 3. The van der Waals surface area contributed by atoms with E-state index in [-0.39, 0.29) is 23.7 Å². The van der Waals surface area contributed by atoms with Gasteiger partial charge in [-0.2, -0.15) is 0 Å². The van der Waals surface area contributed by atoms with E-state index in [1.54, 1.807) is 22.4 Å². The minimum atomic E-state index is -0.436. The van der Waals surface area contributed by atoms with Crippen LogP contribution in [0.4, 0.5) is 0 Å². The molecule has 1 fully saturated rings. The highest BCUT2D eigenvalue weighted by atomic mass is 32.1. The van der Waals surface area contributed by atoms with Gasteiger partial charge < -0.3 is 15.2 Å². The van der Waals surface area contributed by atoms with Gasteiger partial charge in [-0.1, -0.05) is 38.1 Å². The number of carbonyl (C=O) groups is 2. The maximum absolute atomic E-state index is 13.4. The van der Waals surface area contributed by atoms with Crippen molar-refractivity contribution < 1.29 is 9.59 Å². The van der Waals surface area contributed by atoms with E-state index in [0.717, 1.165) is 33.8 Å². The minimum Gasteiger partial charge on any atom is -0.350 e. The lowest BCUT2D eigenvalue weighted by atomic mass is 9.93. The molecule has 1 aliphatic heterocycles. The maximum atomic E-state index is 13.4. The number of aromatic nitrogens is 3. The molecule has 4 rings (SSSR count). The second-order valence-corrected chi connectivity index (χ2v) is 9.90. The molecule has 2 amide bonds. The molecule has 3 aromatic rings. The molecule has 174 valence electrons. The first kappa shape index (κ1) is 23.2. The lowest BCUT2D eigenvalue weighted by Crippen LogP contribution is -2.48. The number of aryl methyl sites for hydroxylation is 2. The summed E-state index contributed by atoms with van der Waals surface area (Å²) < 4.78 is 0. The average Bonchev–Trinajstić information content (AvgIpc) is 3.53. The Morgan fingerprint density at radius 3 is 2.58 bits per heavy atom. The van der Waals surface area contributed by atoms with E-state index in [0.29, 0.717) is 25.3 Å². The van der Waals surface area contributed by atoms with E-state index >= 15 is 0 Å². The number of amides is 2. The highest BCUT2D eigenvalue weighted by Gasteiger charge is 2.39. The normalized spacial score (nSPS) is 16.9. The van der Waals surface area contributed by atoms with E-state index < -0.39 is 6.04 Å². The van der Waals surface area contributed by atoms with Crippen LogP contribution in [0, 0.1) is 19.8 Å². The Balaban J connectivity index is 1.40. The summed E-state index contributed by atoms with van der Waals surface area (Å²) in [6.07, 6.45) is 3.26. The van der Waals surface area contributed by atoms with Crippen LogP contribution in [0.15, 0.2) is 36.0 Å². The Morgan fingerprint density at radius 1 is 1.21 bits per heavy atom. The molecule has 0 radical (unpaired) electrons. The van der Waals surface area contributed by atoms with Gasteiger partial charge in [0.05, 0.1) is 22.0 Å². The van der Waals surface area contributed by atoms with Crippen LogP contribution < -0.4 is 5.32 Å². The number of carbonyl (C=O) groups excluding carboxylic acids is 2. The fraction of sp³-hybridized carbons (Fsp3) is 0.440. The Bertz CT molecular complexity index is 1120. The first-order chi connectivity index (χ1) is 15.8. The molecule has 3 heterocycles. The van der Waals surface area contributed by atoms with Crippen LogP contribution in [0.2, 0.25) is 0 Å². The standard InChI is InChI=1S/C25H31N5O2S/c1-15(2)21(23-26-12-16(3)29-23)25(32)30-11-5-6-20(30)24(31)27-13-18-7-9-19(10-8-18)22-17(4)28-14-33-22/h7-10,12,14-15,20-21H,5-6,11,13H2,1-4H3,(H,26,29)(H,27,31). The number of nitrogens with one attached hydrogen (secondary N) is 2. The van der Waals surface area contributed by atoms with E-state index in [4.69, 9.17) is 0 Å². The predicted octanol–water partition coefficient (Wildman–Crippen LogP) is 4.20. The first-order valence-electron chi connectivity index (χ1n) is 11.4. The van der Waals surface area contributed by atoms with Gasteiger partial charge in [0.25, 0.3) is 0 Å². The van der Waals surface area contributed by atoms with Crippen LogP contribution in [0.5, 0.6) is 0 Å². The van der Waals surface area contributed by atoms with E-state index in [1.807, 2.05) is 45.3 Å². The molecule has 2 atom stereocenters. The molecule has 0 spiro atoms. The Labute approximate surface area is 198 Å². The van der Waals surface area contributed by atoms with Crippen LogP contribution in [0.3, 0.4) is 0 Å². The molecule has 0 bridgehead atoms. The van der Waals surface area contributed by atoms with Gasteiger partial charge in [-0.05, 0) is 43.7 Å². The number of likely N-dealkylation sites (tertiary alicyclic amines) is 1. The molecule has 0 saturated carbocycles. The molecular formula is C25H31N5O2S. The van der Waals surface area contributed by atoms with Crippen LogP contribution in [-0.2, 0) is 16.1 Å². The molecule has 0 aliphatic carbocycles. The largest absolute Gasteiger partial charge is 0.350 e. The summed E-state index contributed by atoms with van der Waals surface area (Å²) in [5, 5.41) is 3.04. The van der Waals surface area contributed by atoms with E-state index in [2.05, 4.69) is 32.4 Å². The van der Waals surface area contributed by atoms with Crippen molar-refractivity contribution in [3.05, 3.63) is 58.7 Å². The number of hydrogen-bond donors (Lipinski definition) is 2. The number of imidazole rings is 1.